The summed E-state index contributed by atoms with van der Waals surface area (Å²) in [6, 6.07) is -0.265. The first-order valence-electron chi connectivity index (χ1n) is 5.46. The summed E-state index contributed by atoms with van der Waals surface area (Å²) in [5.74, 6) is 0.576. The molecule has 4 N–H and O–H groups in total. The molecule has 0 aliphatic heterocycles. The molecule has 0 aromatic carbocycles. The van der Waals surface area contributed by atoms with Gasteiger partial charge < -0.3 is 15.6 Å². The number of hydrogen-bond donors (Lipinski definition) is 3. The van der Waals surface area contributed by atoms with E-state index < -0.39 is 0 Å². The van der Waals surface area contributed by atoms with E-state index in [0.717, 1.165) is 0 Å². The summed E-state index contributed by atoms with van der Waals surface area (Å²) in [5, 5.41) is 17.0. The van der Waals surface area contributed by atoms with Gasteiger partial charge in [-0.05, 0) is 13.8 Å². The van der Waals surface area contributed by atoms with Gasteiger partial charge in [0.15, 0.2) is 11.6 Å². The predicted octanol–water partition coefficient (Wildman–Crippen LogP) is -0.0802. The van der Waals surface area contributed by atoms with Gasteiger partial charge >= 0.3 is 0 Å². The summed E-state index contributed by atoms with van der Waals surface area (Å²) >= 11 is 0. The Morgan fingerprint density at radius 2 is 2.33 bits per heavy atom. The third kappa shape index (κ3) is 2.04. The molecule has 0 aliphatic rings. The molecule has 8 nitrogen and oxygen atoms in total. The lowest BCUT2D eigenvalue weighted by molar-refractivity contribution is 0.0938. The van der Waals surface area contributed by atoms with Gasteiger partial charge in [-0.3, -0.25) is 9.89 Å². The molecule has 18 heavy (non-hydrogen) atoms. The predicted molar refractivity (Wildman–Crippen MR) is 64.6 cm³/mol. The SMILES string of the molecule is Cc1[nH]nc(N)c1C(=O)NC(C)c1nncn1C. The van der Waals surface area contributed by atoms with Crippen molar-refractivity contribution in [1.29, 1.82) is 0 Å². The van der Waals surface area contributed by atoms with Gasteiger partial charge in [0.2, 0.25) is 0 Å². The van der Waals surface area contributed by atoms with Crippen molar-refractivity contribution < 1.29 is 4.79 Å². The van der Waals surface area contributed by atoms with Crippen LogP contribution in [-0.4, -0.2) is 30.9 Å². The molecule has 0 saturated heterocycles. The summed E-state index contributed by atoms with van der Waals surface area (Å²) in [4.78, 5) is 12.1. The Labute approximate surface area is 104 Å². The monoisotopic (exact) mass is 249 g/mol. The number of nitrogens with one attached hydrogen (secondary N) is 2. The zero-order chi connectivity index (χ0) is 13.3. The van der Waals surface area contributed by atoms with Crippen LogP contribution >= 0.6 is 0 Å². The van der Waals surface area contributed by atoms with Crippen LogP contribution in [0.1, 0.15) is 34.8 Å². The molecule has 2 rings (SSSR count). The normalized spacial score (nSPS) is 12.4. The molecular formula is C10H15N7O. The highest BCUT2D eigenvalue weighted by molar-refractivity contribution is 5.99. The number of carbonyl (C=O) groups is 1. The maximum atomic E-state index is 12.1. The Hall–Kier alpha value is -2.38. The van der Waals surface area contributed by atoms with E-state index in [4.69, 9.17) is 5.73 Å². The fraction of sp³-hybridized carbons (Fsp3) is 0.400. The molecule has 0 aliphatic carbocycles. The summed E-state index contributed by atoms with van der Waals surface area (Å²) < 4.78 is 1.75. The maximum Gasteiger partial charge on any atom is 0.257 e. The maximum absolute atomic E-state index is 12.1. The minimum atomic E-state index is -0.283. The number of aromatic nitrogens is 5. The van der Waals surface area contributed by atoms with Crippen LogP contribution in [0.2, 0.25) is 0 Å². The number of hydrogen-bond acceptors (Lipinski definition) is 5. The molecule has 1 unspecified atom stereocenters. The molecule has 0 saturated carbocycles. The number of rotatable bonds is 3. The minimum Gasteiger partial charge on any atom is -0.382 e. The lowest BCUT2D eigenvalue weighted by Gasteiger charge is -2.12. The van der Waals surface area contributed by atoms with E-state index in [1.54, 1.807) is 17.8 Å². The first-order chi connectivity index (χ1) is 8.50. The van der Waals surface area contributed by atoms with Crippen LogP contribution in [-0.2, 0) is 7.05 Å². The van der Waals surface area contributed by atoms with Crippen LogP contribution < -0.4 is 11.1 Å². The number of nitrogen functional groups attached to an aromatic ring is 1. The molecule has 1 amide bonds. The first kappa shape index (κ1) is 12.1. The van der Waals surface area contributed by atoms with Crippen molar-refractivity contribution >= 4 is 11.7 Å². The van der Waals surface area contributed by atoms with E-state index in [0.29, 0.717) is 17.1 Å². The Kier molecular flexibility index (Phi) is 3.00. The van der Waals surface area contributed by atoms with Gasteiger partial charge in [0.25, 0.3) is 5.91 Å². The topological polar surface area (TPSA) is 115 Å². The van der Waals surface area contributed by atoms with Gasteiger partial charge in [0, 0.05) is 12.7 Å². The van der Waals surface area contributed by atoms with Crippen molar-refractivity contribution in [3.05, 3.63) is 23.4 Å². The summed E-state index contributed by atoms with van der Waals surface area (Å²) in [6.45, 7) is 3.57. The number of carbonyl (C=O) groups excluding carboxylic acids is 1. The fourth-order valence-electron chi connectivity index (χ4n) is 1.75. The largest absolute Gasteiger partial charge is 0.382 e. The molecule has 8 heteroatoms. The van der Waals surface area contributed by atoms with Gasteiger partial charge in [-0.25, -0.2) is 0 Å². The van der Waals surface area contributed by atoms with Crippen LogP contribution in [0.5, 0.6) is 0 Å². The molecule has 0 radical (unpaired) electrons. The van der Waals surface area contributed by atoms with Crippen molar-refractivity contribution in [2.45, 2.75) is 19.9 Å². The molecule has 2 aromatic rings. The highest BCUT2D eigenvalue weighted by Crippen LogP contribution is 2.14. The highest BCUT2D eigenvalue weighted by atomic mass is 16.1. The highest BCUT2D eigenvalue weighted by Gasteiger charge is 2.20. The number of aromatic amines is 1. The zero-order valence-corrected chi connectivity index (χ0v) is 10.4. The van der Waals surface area contributed by atoms with Gasteiger partial charge in [-0.2, -0.15) is 5.10 Å². The molecule has 2 heterocycles. The summed E-state index contributed by atoms with van der Waals surface area (Å²) in [6.07, 6.45) is 1.58. The van der Waals surface area contributed by atoms with Crippen molar-refractivity contribution in [1.82, 2.24) is 30.3 Å². The van der Waals surface area contributed by atoms with Crippen LogP contribution in [0.4, 0.5) is 5.82 Å². The van der Waals surface area contributed by atoms with Gasteiger partial charge in [-0.1, -0.05) is 0 Å². The summed E-state index contributed by atoms with van der Waals surface area (Å²) in [5.41, 5.74) is 6.63. The quantitative estimate of drug-likeness (QED) is 0.703. The number of aryl methyl sites for hydroxylation is 2. The second-order valence-corrected chi connectivity index (χ2v) is 4.10. The number of H-pyrrole nitrogens is 1. The Morgan fingerprint density at radius 3 is 2.83 bits per heavy atom. The standard InChI is InChI=1S/C10H15N7O/c1-5-7(8(11)15-14-5)10(18)13-6(2)9-16-12-4-17(9)3/h4,6H,1-3H3,(H,13,18)(H3,11,14,15). The second-order valence-electron chi connectivity index (χ2n) is 4.10. The zero-order valence-electron chi connectivity index (χ0n) is 10.4. The number of amides is 1. The summed E-state index contributed by atoms with van der Waals surface area (Å²) in [7, 11) is 1.81. The molecular weight excluding hydrogens is 234 g/mol. The van der Waals surface area contributed by atoms with Crippen molar-refractivity contribution in [2.24, 2.45) is 7.05 Å². The van der Waals surface area contributed by atoms with E-state index in [1.165, 1.54) is 0 Å². The van der Waals surface area contributed by atoms with Crippen molar-refractivity contribution in [2.75, 3.05) is 5.73 Å². The molecule has 2 aromatic heterocycles. The Morgan fingerprint density at radius 1 is 1.61 bits per heavy atom. The van der Waals surface area contributed by atoms with Crippen LogP contribution in [0.15, 0.2) is 6.33 Å². The van der Waals surface area contributed by atoms with Gasteiger partial charge in [-0.15, -0.1) is 10.2 Å². The Bertz CT molecular complexity index is 551. The average molecular weight is 249 g/mol. The van der Waals surface area contributed by atoms with Crippen LogP contribution in [0.25, 0.3) is 0 Å². The van der Waals surface area contributed by atoms with Gasteiger partial charge in [0.1, 0.15) is 11.9 Å². The number of anilines is 1. The molecule has 0 spiro atoms. The average Bonchev–Trinajstić information content (AvgIpc) is 2.85. The molecule has 1 atom stereocenters. The van der Waals surface area contributed by atoms with E-state index in [2.05, 4.69) is 25.7 Å². The van der Waals surface area contributed by atoms with E-state index in [-0.39, 0.29) is 17.8 Å². The van der Waals surface area contributed by atoms with E-state index in [1.807, 2.05) is 14.0 Å². The molecule has 0 bridgehead atoms. The minimum absolute atomic E-state index is 0.190. The number of nitrogens with two attached hydrogens (primary N) is 1. The second kappa shape index (κ2) is 4.47. The third-order valence-electron chi connectivity index (χ3n) is 2.68. The lowest BCUT2D eigenvalue weighted by Crippen LogP contribution is -2.29. The first-order valence-corrected chi connectivity index (χ1v) is 5.46. The van der Waals surface area contributed by atoms with Crippen molar-refractivity contribution in [3.63, 3.8) is 0 Å². The molecule has 0 fully saturated rings. The van der Waals surface area contributed by atoms with E-state index >= 15 is 0 Å². The lowest BCUT2D eigenvalue weighted by atomic mass is 10.2. The van der Waals surface area contributed by atoms with E-state index in [9.17, 15) is 4.79 Å². The van der Waals surface area contributed by atoms with Gasteiger partial charge in [0.05, 0.1) is 6.04 Å². The smallest absolute Gasteiger partial charge is 0.257 e. The number of nitrogens with zero attached hydrogens (tertiary/aromatic N) is 4. The van der Waals surface area contributed by atoms with Crippen LogP contribution in [0, 0.1) is 6.92 Å². The third-order valence-corrected chi connectivity index (χ3v) is 2.68. The molecule has 96 valence electrons. The fourth-order valence-corrected chi connectivity index (χ4v) is 1.75. The van der Waals surface area contributed by atoms with Crippen molar-refractivity contribution in [3.8, 4) is 0 Å². The van der Waals surface area contributed by atoms with Crippen LogP contribution in [0.3, 0.4) is 0 Å². The Balaban J connectivity index is 2.16.